The standard InChI is InChI=1S/C15H23N3O4/c1-10(2)7-13(15(20)21)17-9-11-3-4-12(16-8-11)5-6-14(19)18-22/h3-4,8,10,13,17,22H,5-7,9H2,1-2H3,(H,18,19)(H,20,21)/t13-/m0/s1. The highest BCUT2D eigenvalue weighted by Crippen LogP contribution is 2.07. The Hall–Kier alpha value is -1.99. The molecule has 0 aromatic carbocycles. The van der Waals surface area contributed by atoms with E-state index in [1.165, 1.54) is 0 Å². The lowest BCUT2D eigenvalue weighted by Crippen LogP contribution is -2.37. The number of nitrogens with one attached hydrogen (secondary N) is 2. The van der Waals surface area contributed by atoms with E-state index in [2.05, 4.69) is 10.3 Å². The molecule has 0 bridgehead atoms. The Morgan fingerprint density at radius 2 is 2.05 bits per heavy atom. The van der Waals surface area contributed by atoms with E-state index < -0.39 is 17.9 Å². The van der Waals surface area contributed by atoms with Crippen LogP contribution in [0.5, 0.6) is 0 Å². The number of carbonyl (C=O) groups excluding carboxylic acids is 1. The molecular formula is C15H23N3O4. The third kappa shape index (κ3) is 6.64. The van der Waals surface area contributed by atoms with Crippen molar-refractivity contribution < 1.29 is 19.9 Å². The average molecular weight is 309 g/mol. The third-order valence-corrected chi connectivity index (χ3v) is 3.18. The van der Waals surface area contributed by atoms with Gasteiger partial charge in [0.2, 0.25) is 5.91 Å². The Bertz CT molecular complexity index is 488. The van der Waals surface area contributed by atoms with Crippen LogP contribution in [0.15, 0.2) is 18.3 Å². The van der Waals surface area contributed by atoms with Crippen molar-refractivity contribution in [1.29, 1.82) is 0 Å². The number of aromatic nitrogens is 1. The van der Waals surface area contributed by atoms with Gasteiger partial charge in [-0.3, -0.25) is 19.8 Å². The molecule has 0 spiro atoms. The number of amides is 1. The summed E-state index contributed by atoms with van der Waals surface area (Å²) < 4.78 is 0. The van der Waals surface area contributed by atoms with E-state index in [0.29, 0.717) is 25.3 Å². The summed E-state index contributed by atoms with van der Waals surface area (Å²) in [6.45, 7) is 4.39. The quantitative estimate of drug-likeness (QED) is 0.401. The van der Waals surface area contributed by atoms with E-state index in [0.717, 1.165) is 11.3 Å². The van der Waals surface area contributed by atoms with Gasteiger partial charge in [-0.15, -0.1) is 0 Å². The molecule has 0 fully saturated rings. The molecule has 1 heterocycles. The van der Waals surface area contributed by atoms with E-state index in [9.17, 15) is 9.59 Å². The number of nitrogens with zero attached hydrogens (tertiary/aromatic N) is 1. The topological polar surface area (TPSA) is 112 Å². The number of aliphatic carboxylic acids is 1. The van der Waals surface area contributed by atoms with Gasteiger partial charge in [-0.2, -0.15) is 0 Å². The number of rotatable bonds is 9. The van der Waals surface area contributed by atoms with Crippen LogP contribution in [-0.4, -0.2) is 33.2 Å². The Balaban J connectivity index is 2.49. The molecule has 0 saturated carbocycles. The van der Waals surface area contributed by atoms with Crippen molar-refractivity contribution in [3.05, 3.63) is 29.6 Å². The van der Waals surface area contributed by atoms with Gasteiger partial charge >= 0.3 is 5.97 Å². The minimum Gasteiger partial charge on any atom is -0.480 e. The van der Waals surface area contributed by atoms with E-state index in [-0.39, 0.29) is 6.42 Å². The molecule has 0 radical (unpaired) electrons. The first-order chi connectivity index (χ1) is 10.4. The van der Waals surface area contributed by atoms with Gasteiger partial charge in [-0.1, -0.05) is 19.9 Å². The first kappa shape index (κ1) is 18.1. The zero-order valence-corrected chi connectivity index (χ0v) is 12.9. The summed E-state index contributed by atoms with van der Waals surface area (Å²) in [5.74, 6) is -1.01. The van der Waals surface area contributed by atoms with Crippen LogP contribution >= 0.6 is 0 Å². The number of carbonyl (C=O) groups is 2. The fourth-order valence-corrected chi connectivity index (χ4v) is 1.99. The van der Waals surface area contributed by atoms with Gasteiger partial charge in [0.05, 0.1) is 0 Å². The van der Waals surface area contributed by atoms with Crippen LogP contribution in [0.1, 0.15) is 37.9 Å². The number of aryl methyl sites for hydroxylation is 1. The predicted octanol–water partition coefficient (Wildman–Crippen LogP) is 1.11. The molecule has 1 amide bonds. The van der Waals surface area contributed by atoms with Gasteiger partial charge in [0, 0.05) is 24.9 Å². The molecule has 1 atom stereocenters. The van der Waals surface area contributed by atoms with Crippen LogP contribution in [0, 0.1) is 5.92 Å². The highest BCUT2D eigenvalue weighted by atomic mass is 16.5. The van der Waals surface area contributed by atoms with Crippen LogP contribution in [-0.2, 0) is 22.6 Å². The van der Waals surface area contributed by atoms with Crippen LogP contribution in [0.25, 0.3) is 0 Å². The van der Waals surface area contributed by atoms with Crippen molar-refractivity contribution >= 4 is 11.9 Å². The summed E-state index contributed by atoms with van der Waals surface area (Å²) in [5, 5.41) is 20.6. The molecule has 122 valence electrons. The molecule has 22 heavy (non-hydrogen) atoms. The largest absolute Gasteiger partial charge is 0.480 e. The van der Waals surface area contributed by atoms with Crippen LogP contribution < -0.4 is 10.8 Å². The summed E-state index contributed by atoms with van der Waals surface area (Å²) in [6.07, 6.45) is 2.83. The summed E-state index contributed by atoms with van der Waals surface area (Å²) in [7, 11) is 0. The van der Waals surface area contributed by atoms with Gasteiger partial charge < -0.3 is 10.4 Å². The molecule has 4 N–H and O–H groups in total. The van der Waals surface area contributed by atoms with Gasteiger partial charge in [-0.25, -0.2) is 5.48 Å². The monoisotopic (exact) mass is 309 g/mol. The molecule has 1 rings (SSSR count). The Kier molecular flexibility index (Phi) is 7.48. The Labute approximate surface area is 129 Å². The number of carboxylic acid groups (broad SMARTS) is 1. The zero-order chi connectivity index (χ0) is 16.5. The number of hydrogen-bond acceptors (Lipinski definition) is 5. The fraction of sp³-hybridized carbons (Fsp3) is 0.533. The molecule has 7 heteroatoms. The summed E-state index contributed by atoms with van der Waals surface area (Å²) in [4.78, 5) is 26.3. The second-order valence-corrected chi connectivity index (χ2v) is 5.59. The maximum atomic E-state index is 11.2. The van der Waals surface area contributed by atoms with Gasteiger partial charge in [0.1, 0.15) is 6.04 Å². The maximum absolute atomic E-state index is 11.2. The van der Waals surface area contributed by atoms with Crippen molar-refractivity contribution in [2.45, 2.75) is 45.7 Å². The smallest absolute Gasteiger partial charge is 0.320 e. The molecule has 0 aliphatic heterocycles. The highest BCUT2D eigenvalue weighted by molar-refractivity contribution is 5.74. The summed E-state index contributed by atoms with van der Waals surface area (Å²) >= 11 is 0. The normalized spacial score (nSPS) is 12.2. The molecule has 1 aromatic rings. The molecular weight excluding hydrogens is 286 g/mol. The highest BCUT2D eigenvalue weighted by Gasteiger charge is 2.17. The fourth-order valence-electron chi connectivity index (χ4n) is 1.99. The van der Waals surface area contributed by atoms with Crippen molar-refractivity contribution in [1.82, 2.24) is 15.8 Å². The minimum absolute atomic E-state index is 0.163. The van der Waals surface area contributed by atoms with Gasteiger partial charge in [0.15, 0.2) is 0 Å². The first-order valence-electron chi connectivity index (χ1n) is 7.25. The molecule has 1 aromatic heterocycles. The van der Waals surface area contributed by atoms with Crippen molar-refractivity contribution in [3.8, 4) is 0 Å². The number of hydroxylamine groups is 1. The van der Waals surface area contributed by atoms with E-state index >= 15 is 0 Å². The van der Waals surface area contributed by atoms with E-state index in [1.54, 1.807) is 17.7 Å². The zero-order valence-electron chi connectivity index (χ0n) is 12.9. The lowest BCUT2D eigenvalue weighted by molar-refractivity contribution is -0.140. The molecule has 7 nitrogen and oxygen atoms in total. The molecule has 0 unspecified atom stereocenters. The maximum Gasteiger partial charge on any atom is 0.320 e. The lowest BCUT2D eigenvalue weighted by atomic mass is 10.0. The second-order valence-electron chi connectivity index (χ2n) is 5.59. The van der Waals surface area contributed by atoms with E-state index in [4.69, 9.17) is 10.3 Å². The van der Waals surface area contributed by atoms with Crippen LogP contribution in [0.4, 0.5) is 0 Å². The average Bonchev–Trinajstić information content (AvgIpc) is 2.49. The van der Waals surface area contributed by atoms with Gasteiger partial charge in [-0.05, 0) is 30.4 Å². The van der Waals surface area contributed by atoms with Crippen LogP contribution in [0.2, 0.25) is 0 Å². The number of hydrogen-bond donors (Lipinski definition) is 4. The number of pyridine rings is 1. The Morgan fingerprint density at radius 1 is 1.32 bits per heavy atom. The minimum atomic E-state index is -0.853. The third-order valence-electron chi connectivity index (χ3n) is 3.18. The summed E-state index contributed by atoms with van der Waals surface area (Å²) in [5.41, 5.74) is 3.19. The second kappa shape index (κ2) is 9.11. The number of carboxylic acids is 1. The first-order valence-corrected chi connectivity index (χ1v) is 7.25. The molecule has 0 aliphatic rings. The van der Waals surface area contributed by atoms with E-state index in [1.807, 2.05) is 19.9 Å². The Morgan fingerprint density at radius 3 is 2.55 bits per heavy atom. The van der Waals surface area contributed by atoms with Crippen molar-refractivity contribution in [3.63, 3.8) is 0 Å². The van der Waals surface area contributed by atoms with Crippen LogP contribution in [0.3, 0.4) is 0 Å². The summed E-state index contributed by atoms with van der Waals surface area (Å²) in [6, 6.07) is 3.06. The predicted molar refractivity (Wildman–Crippen MR) is 80.2 cm³/mol. The van der Waals surface area contributed by atoms with Crippen molar-refractivity contribution in [2.75, 3.05) is 0 Å². The molecule has 0 aliphatic carbocycles. The van der Waals surface area contributed by atoms with Gasteiger partial charge in [0.25, 0.3) is 0 Å². The lowest BCUT2D eigenvalue weighted by Gasteiger charge is -2.16. The molecule has 0 saturated heterocycles. The SMILES string of the molecule is CC(C)C[C@H](NCc1ccc(CCC(=O)NO)nc1)C(=O)O. The van der Waals surface area contributed by atoms with Crippen molar-refractivity contribution in [2.24, 2.45) is 5.92 Å².